The molecule has 94 valence electrons. The van der Waals surface area contributed by atoms with E-state index in [4.69, 9.17) is 11.6 Å². The summed E-state index contributed by atoms with van der Waals surface area (Å²) < 4.78 is 13.1. The van der Waals surface area contributed by atoms with E-state index in [1.807, 2.05) is 0 Å². The highest BCUT2D eigenvalue weighted by atomic mass is 35.5. The van der Waals surface area contributed by atoms with Crippen LogP contribution in [0, 0.1) is 5.82 Å². The SMILES string of the molecule is Fc1cncc(CN2CCCCCC2CCl)c1. The highest BCUT2D eigenvalue weighted by molar-refractivity contribution is 6.18. The molecule has 0 aliphatic carbocycles. The molecule has 1 atom stereocenters. The van der Waals surface area contributed by atoms with Crippen LogP contribution in [0.4, 0.5) is 4.39 Å². The zero-order valence-corrected chi connectivity index (χ0v) is 10.7. The van der Waals surface area contributed by atoms with Crippen molar-refractivity contribution >= 4 is 11.6 Å². The van der Waals surface area contributed by atoms with Gasteiger partial charge < -0.3 is 0 Å². The van der Waals surface area contributed by atoms with E-state index < -0.39 is 0 Å². The Bertz CT molecular complexity index is 359. The van der Waals surface area contributed by atoms with Crippen molar-refractivity contribution < 1.29 is 4.39 Å². The smallest absolute Gasteiger partial charge is 0.141 e. The van der Waals surface area contributed by atoms with Crippen LogP contribution in [0.2, 0.25) is 0 Å². The van der Waals surface area contributed by atoms with Crippen LogP contribution in [0.3, 0.4) is 0 Å². The maximum Gasteiger partial charge on any atom is 0.141 e. The first-order valence-electron chi connectivity index (χ1n) is 6.19. The molecule has 0 spiro atoms. The Hall–Kier alpha value is -0.670. The summed E-state index contributed by atoms with van der Waals surface area (Å²) in [5.74, 6) is 0.391. The van der Waals surface area contributed by atoms with E-state index >= 15 is 0 Å². The summed E-state index contributed by atoms with van der Waals surface area (Å²) in [7, 11) is 0. The van der Waals surface area contributed by atoms with Gasteiger partial charge in [-0.15, -0.1) is 11.6 Å². The molecule has 1 aliphatic rings. The second-order valence-corrected chi connectivity index (χ2v) is 4.95. The van der Waals surface area contributed by atoms with Crippen molar-refractivity contribution in [2.24, 2.45) is 0 Å². The van der Waals surface area contributed by atoms with Crippen LogP contribution in [-0.4, -0.2) is 28.4 Å². The number of hydrogen-bond donors (Lipinski definition) is 0. The summed E-state index contributed by atoms with van der Waals surface area (Å²) >= 11 is 6.01. The third kappa shape index (κ3) is 3.65. The van der Waals surface area contributed by atoms with Gasteiger partial charge in [0, 0.05) is 24.7 Å². The van der Waals surface area contributed by atoms with E-state index in [0.29, 0.717) is 11.9 Å². The van der Waals surface area contributed by atoms with Crippen LogP contribution in [0.5, 0.6) is 0 Å². The topological polar surface area (TPSA) is 16.1 Å². The maximum absolute atomic E-state index is 13.1. The van der Waals surface area contributed by atoms with Crippen LogP contribution in [0.1, 0.15) is 31.2 Å². The molecule has 0 saturated carbocycles. The van der Waals surface area contributed by atoms with E-state index in [2.05, 4.69) is 9.88 Å². The quantitative estimate of drug-likeness (QED) is 0.772. The molecule has 4 heteroatoms. The van der Waals surface area contributed by atoms with Crippen LogP contribution in [0.15, 0.2) is 18.5 Å². The standard InChI is InChI=1S/C13H18ClFN2/c14-7-13-4-2-1-3-5-17(13)10-11-6-12(15)9-16-8-11/h6,8-9,13H,1-5,7,10H2. The van der Waals surface area contributed by atoms with Crippen molar-refractivity contribution in [3.63, 3.8) is 0 Å². The molecule has 0 bridgehead atoms. The normalized spacial score (nSPS) is 22.4. The Morgan fingerprint density at radius 2 is 2.24 bits per heavy atom. The molecular formula is C13H18ClFN2. The first-order chi connectivity index (χ1) is 8.29. The zero-order valence-electron chi connectivity index (χ0n) is 9.91. The zero-order chi connectivity index (χ0) is 12.1. The molecule has 0 amide bonds. The van der Waals surface area contributed by atoms with Gasteiger partial charge in [-0.2, -0.15) is 0 Å². The fraction of sp³-hybridized carbons (Fsp3) is 0.615. The molecule has 1 unspecified atom stereocenters. The molecule has 2 nitrogen and oxygen atoms in total. The number of likely N-dealkylation sites (tertiary alicyclic amines) is 1. The number of alkyl halides is 1. The average molecular weight is 257 g/mol. The minimum absolute atomic E-state index is 0.264. The summed E-state index contributed by atoms with van der Waals surface area (Å²) in [6, 6.07) is 1.98. The van der Waals surface area contributed by atoms with E-state index in [1.54, 1.807) is 12.3 Å². The number of rotatable bonds is 3. The van der Waals surface area contributed by atoms with E-state index in [9.17, 15) is 4.39 Å². The molecule has 2 rings (SSSR count). The van der Waals surface area contributed by atoms with Crippen molar-refractivity contribution in [1.82, 2.24) is 9.88 Å². The third-order valence-electron chi connectivity index (χ3n) is 3.32. The third-order valence-corrected chi connectivity index (χ3v) is 3.68. The highest BCUT2D eigenvalue weighted by Gasteiger charge is 2.20. The monoisotopic (exact) mass is 256 g/mol. The lowest BCUT2D eigenvalue weighted by molar-refractivity contribution is 0.207. The van der Waals surface area contributed by atoms with E-state index in [1.165, 1.54) is 25.5 Å². The second kappa shape index (κ2) is 6.31. The van der Waals surface area contributed by atoms with Crippen LogP contribution in [-0.2, 0) is 6.54 Å². The number of pyridine rings is 1. The predicted octanol–water partition coefficient (Wildman–Crippen LogP) is 3.20. The Kier molecular flexibility index (Phi) is 4.75. The van der Waals surface area contributed by atoms with Gasteiger partial charge in [0.05, 0.1) is 6.20 Å². The largest absolute Gasteiger partial charge is 0.295 e. The minimum Gasteiger partial charge on any atom is -0.295 e. The van der Waals surface area contributed by atoms with Crippen molar-refractivity contribution in [3.05, 3.63) is 29.8 Å². The Morgan fingerprint density at radius 1 is 1.35 bits per heavy atom. The van der Waals surface area contributed by atoms with Gasteiger partial charge in [0.15, 0.2) is 0 Å². The van der Waals surface area contributed by atoms with Crippen LogP contribution < -0.4 is 0 Å². The first-order valence-corrected chi connectivity index (χ1v) is 6.72. The fourth-order valence-corrected chi connectivity index (χ4v) is 2.75. The first kappa shape index (κ1) is 12.8. The van der Waals surface area contributed by atoms with E-state index in [0.717, 1.165) is 25.1 Å². The molecule has 2 heterocycles. The molecule has 1 aromatic rings. The van der Waals surface area contributed by atoms with Gasteiger partial charge >= 0.3 is 0 Å². The number of hydrogen-bond acceptors (Lipinski definition) is 2. The summed E-state index contributed by atoms with van der Waals surface area (Å²) in [5.41, 5.74) is 0.932. The van der Waals surface area contributed by atoms with Gasteiger partial charge in [0.25, 0.3) is 0 Å². The molecule has 1 fully saturated rings. The summed E-state index contributed by atoms with van der Waals surface area (Å²) in [6.07, 6.45) is 7.84. The lowest BCUT2D eigenvalue weighted by Crippen LogP contribution is -2.35. The molecule has 17 heavy (non-hydrogen) atoms. The van der Waals surface area contributed by atoms with Gasteiger partial charge in [0.2, 0.25) is 0 Å². The number of aromatic nitrogens is 1. The highest BCUT2D eigenvalue weighted by Crippen LogP contribution is 2.20. The van der Waals surface area contributed by atoms with Gasteiger partial charge in [0.1, 0.15) is 5.82 Å². The number of nitrogens with zero attached hydrogens (tertiary/aromatic N) is 2. The Morgan fingerprint density at radius 3 is 3.00 bits per heavy atom. The van der Waals surface area contributed by atoms with Gasteiger partial charge in [-0.1, -0.05) is 12.8 Å². The molecule has 1 aliphatic heterocycles. The molecule has 1 saturated heterocycles. The van der Waals surface area contributed by atoms with Crippen LogP contribution >= 0.6 is 11.6 Å². The maximum atomic E-state index is 13.1. The Balaban J connectivity index is 2.04. The predicted molar refractivity (Wildman–Crippen MR) is 67.6 cm³/mol. The van der Waals surface area contributed by atoms with Crippen LogP contribution in [0.25, 0.3) is 0 Å². The molecule has 0 aromatic carbocycles. The second-order valence-electron chi connectivity index (χ2n) is 4.64. The lowest BCUT2D eigenvalue weighted by atomic mass is 10.1. The lowest BCUT2D eigenvalue weighted by Gasteiger charge is -2.28. The van der Waals surface area contributed by atoms with Crippen molar-refractivity contribution in [2.75, 3.05) is 12.4 Å². The summed E-state index contributed by atoms with van der Waals surface area (Å²) in [5, 5.41) is 0. The number of halogens is 2. The Labute approximate surface area is 107 Å². The minimum atomic E-state index is -0.264. The van der Waals surface area contributed by atoms with Gasteiger partial charge in [-0.05, 0) is 31.0 Å². The molecular weight excluding hydrogens is 239 g/mol. The van der Waals surface area contributed by atoms with Gasteiger partial charge in [-0.3, -0.25) is 9.88 Å². The molecule has 0 radical (unpaired) electrons. The van der Waals surface area contributed by atoms with Gasteiger partial charge in [-0.25, -0.2) is 4.39 Å². The average Bonchev–Trinajstić information content (AvgIpc) is 2.54. The van der Waals surface area contributed by atoms with Crippen molar-refractivity contribution in [1.29, 1.82) is 0 Å². The summed E-state index contributed by atoms with van der Waals surface area (Å²) in [6.45, 7) is 1.80. The molecule has 0 N–H and O–H groups in total. The fourth-order valence-electron chi connectivity index (χ4n) is 2.40. The van der Waals surface area contributed by atoms with Crippen molar-refractivity contribution in [2.45, 2.75) is 38.3 Å². The van der Waals surface area contributed by atoms with E-state index in [-0.39, 0.29) is 5.82 Å². The van der Waals surface area contributed by atoms with Crippen molar-refractivity contribution in [3.8, 4) is 0 Å². The molecule has 1 aromatic heterocycles. The summed E-state index contributed by atoms with van der Waals surface area (Å²) in [4.78, 5) is 6.25.